The van der Waals surface area contributed by atoms with Gasteiger partial charge in [0, 0.05) is 34.4 Å². The van der Waals surface area contributed by atoms with E-state index in [-0.39, 0.29) is 0 Å². The van der Waals surface area contributed by atoms with Crippen molar-refractivity contribution in [3.8, 4) is 11.5 Å². The predicted octanol–water partition coefficient (Wildman–Crippen LogP) is 4.17. The Morgan fingerprint density at radius 3 is 2.29 bits per heavy atom. The van der Waals surface area contributed by atoms with Crippen LogP contribution in [-0.4, -0.2) is 30.5 Å². The summed E-state index contributed by atoms with van der Waals surface area (Å²) in [5.41, 5.74) is 2.67. The first-order valence-corrected chi connectivity index (χ1v) is 7.48. The molecule has 0 saturated heterocycles. The number of rotatable bonds is 3. The van der Waals surface area contributed by atoms with Crippen LogP contribution in [0, 0.1) is 0 Å². The van der Waals surface area contributed by atoms with Crippen molar-refractivity contribution in [2.24, 2.45) is 0 Å². The molecule has 5 nitrogen and oxygen atoms in total. The summed E-state index contributed by atoms with van der Waals surface area (Å²) in [6.07, 6.45) is 4.41. The molecular weight excluding hydrogens is 304 g/mol. The highest BCUT2D eigenvalue weighted by atomic mass is 16.5. The molecule has 5 heteroatoms. The number of nitrogens with one attached hydrogen (secondary N) is 2. The summed E-state index contributed by atoms with van der Waals surface area (Å²) < 4.78 is 10.3. The molecule has 0 bridgehead atoms. The lowest BCUT2D eigenvalue weighted by Crippen LogP contribution is -1.84. The molecule has 2 N–H and O–H groups in total. The van der Waals surface area contributed by atoms with Gasteiger partial charge in [-0.3, -0.25) is 4.79 Å². The molecule has 4 rings (SSSR count). The van der Waals surface area contributed by atoms with E-state index in [9.17, 15) is 4.79 Å². The highest BCUT2D eigenvalue weighted by molar-refractivity contribution is 6.00. The first kappa shape index (κ1) is 15.7. The van der Waals surface area contributed by atoms with Gasteiger partial charge in [0.2, 0.25) is 0 Å². The molecule has 0 atom stereocenters. The molecule has 4 aromatic rings. The highest BCUT2D eigenvalue weighted by Gasteiger charge is 2.07. The number of fused-ring (bicyclic) bond motifs is 2. The molecule has 2 aromatic heterocycles. The maximum absolute atomic E-state index is 10.7. The van der Waals surface area contributed by atoms with Crippen LogP contribution in [0.5, 0.6) is 11.5 Å². The van der Waals surface area contributed by atoms with E-state index in [0.29, 0.717) is 5.56 Å². The van der Waals surface area contributed by atoms with Crippen molar-refractivity contribution < 1.29 is 14.3 Å². The van der Waals surface area contributed by atoms with Gasteiger partial charge in [-0.1, -0.05) is 12.1 Å². The summed E-state index contributed by atoms with van der Waals surface area (Å²) in [7, 11) is 3.28. The third kappa shape index (κ3) is 2.84. The van der Waals surface area contributed by atoms with E-state index < -0.39 is 0 Å². The molecule has 0 aliphatic heterocycles. The van der Waals surface area contributed by atoms with Gasteiger partial charge in [-0.2, -0.15) is 0 Å². The topological polar surface area (TPSA) is 67.1 Å². The Bertz CT molecular complexity index is 969. The fourth-order valence-electron chi connectivity index (χ4n) is 2.67. The average molecular weight is 322 g/mol. The standard InChI is InChI=1S/C10H9NO2.C9H9NO/c1-13-9-4-2-3-8-10(9)7(6-12)5-11-8;1-11-9-4-2-3-8-7(9)5-6-10-8/h2-6,11H,1H3;2-6,10H,1H3. The first-order valence-electron chi connectivity index (χ1n) is 7.48. The lowest BCUT2D eigenvalue weighted by Gasteiger charge is -2.00. The van der Waals surface area contributed by atoms with Crippen LogP contribution in [0.25, 0.3) is 21.8 Å². The van der Waals surface area contributed by atoms with Gasteiger partial charge >= 0.3 is 0 Å². The zero-order chi connectivity index (χ0) is 16.9. The van der Waals surface area contributed by atoms with Crippen LogP contribution in [0.15, 0.2) is 54.9 Å². The van der Waals surface area contributed by atoms with Gasteiger partial charge < -0.3 is 19.4 Å². The van der Waals surface area contributed by atoms with Crippen molar-refractivity contribution >= 4 is 28.1 Å². The Morgan fingerprint density at radius 2 is 1.58 bits per heavy atom. The van der Waals surface area contributed by atoms with Crippen LogP contribution in [0.4, 0.5) is 0 Å². The smallest absolute Gasteiger partial charge is 0.152 e. The molecule has 0 radical (unpaired) electrons. The zero-order valence-electron chi connectivity index (χ0n) is 13.5. The summed E-state index contributed by atoms with van der Waals surface area (Å²) in [5.74, 6) is 1.64. The van der Waals surface area contributed by atoms with E-state index in [1.54, 1.807) is 20.4 Å². The van der Waals surface area contributed by atoms with Crippen LogP contribution in [0.3, 0.4) is 0 Å². The van der Waals surface area contributed by atoms with Crippen LogP contribution in [0.1, 0.15) is 10.4 Å². The van der Waals surface area contributed by atoms with E-state index in [4.69, 9.17) is 9.47 Å². The van der Waals surface area contributed by atoms with Crippen molar-refractivity contribution in [3.05, 3.63) is 60.4 Å². The predicted molar refractivity (Wildman–Crippen MR) is 95.1 cm³/mol. The summed E-state index contributed by atoms with van der Waals surface area (Å²) in [6, 6.07) is 13.6. The van der Waals surface area contributed by atoms with E-state index in [0.717, 1.165) is 39.6 Å². The zero-order valence-corrected chi connectivity index (χ0v) is 13.5. The number of H-pyrrole nitrogens is 2. The number of carbonyl (C=O) groups is 1. The van der Waals surface area contributed by atoms with E-state index in [1.807, 2.05) is 48.7 Å². The van der Waals surface area contributed by atoms with Gasteiger partial charge in [0.15, 0.2) is 6.29 Å². The van der Waals surface area contributed by atoms with Gasteiger partial charge in [0.1, 0.15) is 11.5 Å². The van der Waals surface area contributed by atoms with Crippen molar-refractivity contribution in [1.29, 1.82) is 0 Å². The van der Waals surface area contributed by atoms with Gasteiger partial charge in [-0.05, 0) is 30.3 Å². The third-order valence-electron chi connectivity index (χ3n) is 3.82. The Hall–Kier alpha value is -3.21. The molecule has 0 fully saturated rings. The van der Waals surface area contributed by atoms with Gasteiger partial charge in [0.05, 0.1) is 19.6 Å². The second kappa shape index (κ2) is 6.91. The molecule has 0 aliphatic carbocycles. The second-order valence-electron chi connectivity index (χ2n) is 5.14. The molecule has 122 valence electrons. The molecule has 0 spiro atoms. The quantitative estimate of drug-likeness (QED) is 0.556. The number of aromatic amines is 2. The SMILES string of the molecule is COc1cccc2[nH]cc(C=O)c12.COc1cccc2[nH]ccc12. The summed E-state index contributed by atoms with van der Waals surface area (Å²) in [6.45, 7) is 0. The number of aldehydes is 1. The molecule has 0 unspecified atom stereocenters. The van der Waals surface area contributed by atoms with Crippen LogP contribution in [0.2, 0.25) is 0 Å². The number of methoxy groups -OCH3 is 2. The Labute approximate surface area is 139 Å². The van der Waals surface area contributed by atoms with Crippen LogP contribution in [-0.2, 0) is 0 Å². The number of carbonyl (C=O) groups excluding carboxylic acids is 1. The largest absolute Gasteiger partial charge is 0.496 e. The van der Waals surface area contributed by atoms with Gasteiger partial charge in [-0.15, -0.1) is 0 Å². The van der Waals surface area contributed by atoms with Crippen molar-refractivity contribution in [2.75, 3.05) is 14.2 Å². The molecule has 2 aromatic carbocycles. The minimum absolute atomic E-state index is 0.632. The minimum atomic E-state index is 0.632. The normalized spacial score (nSPS) is 10.2. The molecule has 0 amide bonds. The first-order chi connectivity index (χ1) is 11.8. The number of hydrogen-bond acceptors (Lipinski definition) is 3. The molecule has 0 saturated carbocycles. The van der Waals surface area contributed by atoms with E-state index in [2.05, 4.69) is 9.97 Å². The Kier molecular flexibility index (Phi) is 4.52. The molecule has 24 heavy (non-hydrogen) atoms. The number of benzene rings is 2. The molecule has 2 heterocycles. The second-order valence-corrected chi connectivity index (χ2v) is 5.14. The van der Waals surface area contributed by atoms with E-state index >= 15 is 0 Å². The lowest BCUT2D eigenvalue weighted by atomic mass is 10.2. The highest BCUT2D eigenvalue weighted by Crippen LogP contribution is 2.27. The minimum Gasteiger partial charge on any atom is -0.496 e. The Balaban J connectivity index is 0.000000143. The van der Waals surface area contributed by atoms with E-state index in [1.165, 1.54) is 0 Å². The Morgan fingerprint density at radius 1 is 0.875 bits per heavy atom. The van der Waals surface area contributed by atoms with Crippen molar-refractivity contribution in [2.45, 2.75) is 0 Å². The summed E-state index contributed by atoms with van der Waals surface area (Å²) in [4.78, 5) is 16.8. The maximum Gasteiger partial charge on any atom is 0.152 e. The average Bonchev–Trinajstić information content (AvgIpc) is 3.28. The third-order valence-corrected chi connectivity index (χ3v) is 3.82. The fraction of sp³-hybridized carbons (Fsp3) is 0.105. The van der Waals surface area contributed by atoms with Gasteiger partial charge in [-0.25, -0.2) is 0 Å². The monoisotopic (exact) mass is 322 g/mol. The number of aromatic nitrogens is 2. The summed E-state index contributed by atoms with van der Waals surface area (Å²) in [5, 5.41) is 1.98. The van der Waals surface area contributed by atoms with Crippen molar-refractivity contribution in [3.63, 3.8) is 0 Å². The van der Waals surface area contributed by atoms with Crippen molar-refractivity contribution in [1.82, 2.24) is 9.97 Å². The number of ether oxygens (including phenoxy) is 2. The van der Waals surface area contributed by atoms with Gasteiger partial charge in [0.25, 0.3) is 0 Å². The molecular formula is C19H18N2O3. The maximum atomic E-state index is 10.7. The number of hydrogen-bond donors (Lipinski definition) is 2. The fourth-order valence-corrected chi connectivity index (χ4v) is 2.67. The lowest BCUT2D eigenvalue weighted by molar-refractivity contribution is 0.112. The molecule has 0 aliphatic rings. The summed E-state index contributed by atoms with van der Waals surface area (Å²) >= 11 is 0. The van der Waals surface area contributed by atoms with Crippen LogP contribution >= 0.6 is 0 Å². The van der Waals surface area contributed by atoms with Crippen LogP contribution < -0.4 is 9.47 Å².